The molecule has 6 nitrogen and oxygen atoms in total. The van der Waals surface area contributed by atoms with E-state index >= 15 is 0 Å². The maximum Gasteiger partial charge on any atom is 0.407 e. The summed E-state index contributed by atoms with van der Waals surface area (Å²) in [6.45, 7) is 0.540. The first-order chi connectivity index (χ1) is 6.70. The van der Waals surface area contributed by atoms with Crippen molar-refractivity contribution in [3.05, 3.63) is 23.3 Å². The molecule has 0 saturated carbocycles. The Hall–Kier alpha value is -2.16. The third kappa shape index (κ3) is 1.25. The molecule has 0 saturated heterocycles. The Balaban J connectivity index is 2.32. The van der Waals surface area contributed by atoms with Gasteiger partial charge in [0.1, 0.15) is 6.07 Å². The lowest BCUT2D eigenvalue weighted by atomic mass is 10.3. The molecule has 6 heteroatoms. The molecule has 14 heavy (non-hydrogen) atoms. The zero-order chi connectivity index (χ0) is 10.1. The molecule has 1 aromatic rings. The quantitative estimate of drug-likeness (QED) is 0.637. The molecule has 0 atom stereocenters. The minimum atomic E-state index is -0.985. The van der Waals surface area contributed by atoms with E-state index in [0.29, 0.717) is 12.2 Å². The second-order valence-corrected chi connectivity index (χ2v) is 2.92. The van der Waals surface area contributed by atoms with Crippen LogP contribution in [0.1, 0.15) is 17.1 Å². The number of nitriles is 1. The number of amides is 1. The molecular weight excluding hydrogens is 184 g/mol. The number of fused-ring (bicyclic) bond motifs is 1. The normalized spacial score (nSPS) is 13.5. The highest BCUT2D eigenvalue weighted by molar-refractivity contribution is 5.66. The van der Waals surface area contributed by atoms with Crippen molar-refractivity contribution in [1.29, 1.82) is 5.26 Å². The van der Waals surface area contributed by atoms with E-state index in [1.165, 1.54) is 11.1 Å². The van der Waals surface area contributed by atoms with Crippen LogP contribution in [0.15, 0.2) is 6.20 Å². The lowest BCUT2D eigenvalue weighted by molar-refractivity contribution is 0.145. The van der Waals surface area contributed by atoms with Gasteiger partial charge in [0.05, 0.1) is 18.8 Å². The molecule has 2 heterocycles. The fourth-order valence-electron chi connectivity index (χ4n) is 1.34. The van der Waals surface area contributed by atoms with Crippen LogP contribution in [0.4, 0.5) is 4.79 Å². The SMILES string of the molecule is N#Cc1ncc2c(n1)CN(C(=O)O)C2. The maximum absolute atomic E-state index is 10.6. The number of nitrogens with zero attached hydrogens (tertiary/aromatic N) is 4. The fourth-order valence-corrected chi connectivity index (χ4v) is 1.34. The molecule has 70 valence electrons. The summed E-state index contributed by atoms with van der Waals surface area (Å²) in [5.74, 6) is 0.0796. The van der Waals surface area contributed by atoms with Gasteiger partial charge >= 0.3 is 6.09 Å². The van der Waals surface area contributed by atoms with Crippen molar-refractivity contribution in [1.82, 2.24) is 14.9 Å². The molecule has 0 radical (unpaired) electrons. The van der Waals surface area contributed by atoms with Crippen molar-refractivity contribution in [3.63, 3.8) is 0 Å². The summed E-state index contributed by atoms with van der Waals surface area (Å²) in [5.41, 5.74) is 1.39. The van der Waals surface area contributed by atoms with E-state index < -0.39 is 6.09 Å². The molecule has 0 spiro atoms. The van der Waals surface area contributed by atoms with Gasteiger partial charge in [-0.2, -0.15) is 5.26 Å². The van der Waals surface area contributed by atoms with Crippen LogP contribution in [0.5, 0.6) is 0 Å². The van der Waals surface area contributed by atoms with Crippen molar-refractivity contribution in [2.24, 2.45) is 0 Å². The highest BCUT2D eigenvalue weighted by Crippen LogP contribution is 2.19. The summed E-state index contributed by atoms with van der Waals surface area (Å²) in [6, 6.07) is 1.81. The van der Waals surface area contributed by atoms with E-state index in [-0.39, 0.29) is 12.4 Å². The van der Waals surface area contributed by atoms with Gasteiger partial charge in [-0.3, -0.25) is 4.90 Å². The van der Waals surface area contributed by atoms with Gasteiger partial charge in [0.25, 0.3) is 0 Å². The van der Waals surface area contributed by atoms with Crippen LogP contribution in [0.2, 0.25) is 0 Å². The van der Waals surface area contributed by atoms with Gasteiger partial charge in [0.15, 0.2) is 0 Å². The monoisotopic (exact) mass is 190 g/mol. The third-order valence-electron chi connectivity index (χ3n) is 2.03. The lowest BCUT2D eigenvalue weighted by Crippen LogP contribution is -2.22. The molecule has 0 aliphatic carbocycles. The number of hydrogen-bond donors (Lipinski definition) is 1. The average Bonchev–Trinajstić information content (AvgIpc) is 2.59. The highest BCUT2D eigenvalue weighted by Gasteiger charge is 2.24. The summed E-state index contributed by atoms with van der Waals surface area (Å²) in [5, 5.41) is 17.3. The van der Waals surface area contributed by atoms with Gasteiger partial charge in [0.2, 0.25) is 5.82 Å². The first-order valence-electron chi connectivity index (χ1n) is 3.93. The van der Waals surface area contributed by atoms with Crippen molar-refractivity contribution in [2.75, 3.05) is 0 Å². The summed E-state index contributed by atoms with van der Waals surface area (Å²) in [7, 11) is 0. The Bertz CT molecular complexity index is 437. The Kier molecular flexibility index (Phi) is 1.78. The zero-order valence-corrected chi connectivity index (χ0v) is 7.14. The van der Waals surface area contributed by atoms with E-state index in [9.17, 15) is 4.79 Å². The van der Waals surface area contributed by atoms with Crippen LogP contribution in [0.3, 0.4) is 0 Å². The minimum absolute atomic E-state index is 0.0796. The van der Waals surface area contributed by atoms with Gasteiger partial charge in [-0.1, -0.05) is 0 Å². The lowest BCUT2D eigenvalue weighted by Gasteiger charge is -2.07. The van der Waals surface area contributed by atoms with E-state index in [4.69, 9.17) is 10.4 Å². The van der Waals surface area contributed by atoms with Gasteiger partial charge in [-0.05, 0) is 0 Å². The van der Waals surface area contributed by atoms with E-state index in [1.54, 1.807) is 0 Å². The number of aromatic nitrogens is 2. The van der Waals surface area contributed by atoms with Crippen molar-refractivity contribution < 1.29 is 9.90 Å². The Morgan fingerprint density at radius 3 is 3.07 bits per heavy atom. The van der Waals surface area contributed by atoms with Crippen molar-refractivity contribution in [3.8, 4) is 6.07 Å². The molecule has 1 aromatic heterocycles. The fraction of sp³-hybridized carbons (Fsp3) is 0.250. The van der Waals surface area contributed by atoms with E-state index in [2.05, 4.69) is 9.97 Å². The molecule has 0 aromatic carbocycles. The molecule has 0 bridgehead atoms. The second-order valence-electron chi connectivity index (χ2n) is 2.92. The van der Waals surface area contributed by atoms with Crippen LogP contribution < -0.4 is 0 Å². The first-order valence-corrected chi connectivity index (χ1v) is 3.93. The standard InChI is InChI=1S/C8H6N4O2/c9-1-7-10-2-5-3-12(8(13)14)4-6(5)11-7/h2H,3-4H2,(H,13,14). The van der Waals surface area contributed by atoms with Crippen LogP contribution in [0.25, 0.3) is 0 Å². The largest absolute Gasteiger partial charge is 0.465 e. The van der Waals surface area contributed by atoms with Crippen LogP contribution in [0, 0.1) is 11.3 Å². The Morgan fingerprint density at radius 2 is 2.43 bits per heavy atom. The van der Waals surface area contributed by atoms with Gasteiger partial charge in [0, 0.05) is 11.8 Å². The van der Waals surface area contributed by atoms with Crippen molar-refractivity contribution >= 4 is 6.09 Å². The van der Waals surface area contributed by atoms with E-state index in [1.807, 2.05) is 6.07 Å². The Morgan fingerprint density at radius 1 is 1.64 bits per heavy atom. The molecule has 0 unspecified atom stereocenters. The van der Waals surface area contributed by atoms with Crippen LogP contribution in [-0.4, -0.2) is 26.1 Å². The van der Waals surface area contributed by atoms with E-state index in [0.717, 1.165) is 5.56 Å². The molecular formula is C8H6N4O2. The summed E-state index contributed by atoms with van der Waals surface area (Å²) in [6.07, 6.45) is 0.519. The third-order valence-corrected chi connectivity index (χ3v) is 2.03. The number of rotatable bonds is 0. The maximum atomic E-state index is 10.6. The van der Waals surface area contributed by atoms with Crippen LogP contribution in [-0.2, 0) is 13.1 Å². The smallest absolute Gasteiger partial charge is 0.407 e. The number of carbonyl (C=O) groups is 1. The predicted octanol–water partition coefficient (Wildman–Crippen LogP) is 0.342. The van der Waals surface area contributed by atoms with Crippen molar-refractivity contribution in [2.45, 2.75) is 13.1 Å². The molecule has 1 N–H and O–H groups in total. The van der Waals surface area contributed by atoms with Gasteiger partial charge < -0.3 is 5.11 Å². The molecule has 2 rings (SSSR count). The number of carboxylic acid groups (broad SMARTS) is 1. The molecule has 1 amide bonds. The Labute approximate surface area is 79.4 Å². The van der Waals surface area contributed by atoms with Gasteiger partial charge in [-0.15, -0.1) is 0 Å². The molecule has 1 aliphatic heterocycles. The summed E-state index contributed by atoms with van der Waals surface area (Å²) < 4.78 is 0. The number of hydrogen-bond acceptors (Lipinski definition) is 4. The average molecular weight is 190 g/mol. The minimum Gasteiger partial charge on any atom is -0.465 e. The highest BCUT2D eigenvalue weighted by atomic mass is 16.4. The van der Waals surface area contributed by atoms with Crippen LogP contribution >= 0.6 is 0 Å². The molecule has 1 aliphatic rings. The zero-order valence-electron chi connectivity index (χ0n) is 7.14. The summed E-state index contributed by atoms with van der Waals surface area (Å²) >= 11 is 0. The predicted molar refractivity (Wildman–Crippen MR) is 44.0 cm³/mol. The summed E-state index contributed by atoms with van der Waals surface area (Å²) in [4.78, 5) is 19.6. The second kappa shape index (κ2) is 2.96. The topological polar surface area (TPSA) is 90.1 Å². The molecule has 0 fully saturated rings. The van der Waals surface area contributed by atoms with Gasteiger partial charge in [-0.25, -0.2) is 14.8 Å². The first kappa shape index (κ1) is 8.44.